The van der Waals surface area contributed by atoms with Gasteiger partial charge in [-0.05, 0) is 36.8 Å². The van der Waals surface area contributed by atoms with Gasteiger partial charge in [0, 0.05) is 13.1 Å². The zero-order valence-corrected chi connectivity index (χ0v) is 11.2. The third-order valence-corrected chi connectivity index (χ3v) is 3.78. The maximum Gasteiger partial charge on any atom is 0.122 e. The normalized spacial score (nSPS) is 17.6. The van der Waals surface area contributed by atoms with Crippen molar-refractivity contribution >= 4 is 0 Å². The second-order valence-corrected chi connectivity index (χ2v) is 5.35. The number of aryl methyl sites for hydroxylation is 1. The van der Waals surface area contributed by atoms with Crippen LogP contribution in [0.15, 0.2) is 18.2 Å². The van der Waals surface area contributed by atoms with Crippen molar-refractivity contribution in [3.8, 4) is 5.75 Å². The maximum atomic E-state index is 5.47. The van der Waals surface area contributed by atoms with Crippen LogP contribution >= 0.6 is 0 Å². The van der Waals surface area contributed by atoms with Gasteiger partial charge in [-0.2, -0.15) is 0 Å². The Labute approximate surface area is 104 Å². The molecule has 0 amide bonds. The molecule has 2 heteroatoms. The summed E-state index contributed by atoms with van der Waals surface area (Å²) in [5.41, 5.74) is 3.15. The highest BCUT2D eigenvalue weighted by molar-refractivity contribution is 5.38. The zero-order valence-electron chi connectivity index (χ0n) is 11.2. The van der Waals surface area contributed by atoms with E-state index in [1.807, 2.05) is 0 Å². The van der Waals surface area contributed by atoms with Gasteiger partial charge in [0.15, 0.2) is 0 Å². The lowest BCUT2D eigenvalue weighted by Gasteiger charge is -2.43. The molecule has 1 aliphatic rings. The van der Waals surface area contributed by atoms with Crippen molar-refractivity contribution < 1.29 is 4.74 Å². The second-order valence-electron chi connectivity index (χ2n) is 5.35. The molecular weight excluding hydrogens is 210 g/mol. The van der Waals surface area contributed by atoms with E-state index in [0.717, 1.165) is 25.3 Å². The number of ether oxygens (including phenoxy) is 1. The van der Waals surface area contributed by atoms with Gasteiger partial charge in [-0.25, -0.2) is 0 Å². The lowest BCUT2D eigenvalue weighted by molar-refractivity contribution is 0.149. The molecule has 94 valence electrons. The van der Waals surface area contributed by atoms with Crippen molar-refractivity contribution in [3.63, 3.8) is 0 Å². The van der Waals surface area contributed by atoms with Crippen LogP contribution in [0.3, 0.4) is 0 Å². The highest BCUT2D eigenvalue weighted by Crippen LogP contribution is 2.35. The van der Waals surface area contributed by atoms with E-state index < -0.39 is 0 Å². The Morgan fingerprint density at radius 1 is 1.35 bits per heavy atom. The van der Waals surface area contributed by atoms with E-state index in [0.29, 0.717) is 5.41 Å². The molecular formula is C15H23NO. The molecule has 2 rings (SSSR count). The largest absolute Gasteiger partial charge is 0.496 e. The van der Waals surface area contributed by atoms with Crippen molar-refractivity contribution in [3.05, 3.63) is 29.3 Å². The molecule has 1 aliphatic heterocycles. The van der Waals surface area contributed by atoms with Crippen molar-refractivity contribution in [1.29, 1.82) is 0 Å². The average molecular weight is 233 g/mol. The summed E-state index contributed by atoms with van der Waals surface area (Å²) in [5.74, 6) is 1.04. The van der Waals surface area contributed by atoms with E-state index in [-0.39, 0.29) is 0 Å². The minimum Gasteiger partial charge on any atom is -0.496 e. The fraction of sp³-hybridized carbons (Fsp3) is 0.600. The SMILES string of the molecule is CCCC1(Cc2cc(C)ccc2OC)CNC1. The Bertz CT molecular complexity index is 383. The molecule has 1 saturated heterocycles. The van der Waals surface area contributed by atoms with Crippen molar-refractivity contribution in [1.82, 2.24) is 5.32 Å². The third kappa shape index (κ3) is 2.63. The van der Waals surface area contributed by atoms with Crippen molar-refractivity contribution in [2.24, 2.45) is 5.41 Å². The third-order valence-electron chi connectivity index (χ3n) is 3.78. The van der Waals surface area contributed by atoms with Crippen molar-refractivity contribution in [2.45, 2.75) is 33.1 Å². The van der Waals surface area contributed by atoms with Crippen LogP contribution in [0, 0.1) is 12.3 Å². The Morgan fingerprint density at radius 3 is 2.65 bits per heavy atom. The lowest BCUT2D eigenvalue weighted by Crippen LogP contribution is -2.54. The average Bonchev–Trinajstić information content (AvgIpc) is 2.26. The van der Waals surface area contributed by atoms with E-state index in [1.165, 1.54) is 24.0 Å². The molecule has 1 fully saturated rings. The van der Waals surface area contributed by atoms with Crippen LogP contribution in [-0.4, -0.2) is 20.2 Å². The first-order chi connectivity index (χ1) is 8.19. The molecule has 0 saturated carbocycles. The highest BCUT2D eigenvalue weighted by Gasteiger charge is 2.36. The smallest absolute Gasteiger partial charge is 0.122 e. The molecule has 0 unspecified atom stereocenters. The summed E-state index contributed by atoms with van der Waals surface area (Å²) >= 11 is 0. The van der Waals surface area contributed by atoms with E-state index in [4.69, 9.17) is 4.74 Å². The van der Waals surface area contributed by atoms with Gasteiger partial charge in [0.25, 0.3) is 0 Å². The summed E-state index contributed by atoms with van der Waals surface area (Å²) in [6, 6.07) is 6.48. The predicted octanol–water partition coefficient (Wildman–Crippen LogP) is 2.94. The van der Waals surface area contributed by atoms with Crippen LogP contribution in [0.1, 0.15) is 30.9 Å². The molecule has 17 heavy (non-hydrogen) atoms. The molecule has 0 atom stereocenters. The van der Waals surface area contributed by atoms with Crippen LogP contribution in [-0.2, 0) is 6.42 Å². The van der Waals surface area contributed by atoms with Crippen LogP contribution in [0.5, 0.6) is 5.75 Å². The number of hydrogen-bond acceptors (Lipinski definition) is 2. The van der Waals surface area contributed by atoms with Gasteiger partial charge in [0.2, 0.25) is 0 Å². The van der Waals surface area contributed by atoms with Gasteiger partial charge in [-0.3, -0.25) is 0 Å². The number of benzene rings is 1. The fourth-order valence-corrected chi connectivity index (χ4v) is 2.85. The molecule has 0 bridgehead atoms. The summed E-state index contributed by atoms with van der Waals surface area (Å²) in [5, 5.41) is 3.42. The van der Waals surface area contributed by atoms with Gasteiger partial charge < -0.3 is 10.1 Å². The first-order valence-corrected chi connectivity index (χ1v) is 6.53. The molecule has 0 radical (unpaired) electrons. The topological polar surface area (TPSA) is 21.3 Å². The number of nitrogens with one attached hydrogen (secondary N) is 1. The fourth-order valence-electron chi connectivity index (χ4n) is 2.85. The minimum atomic E-state index is 0.468. The second kappa shape index (κ2) is 5.09. The van der Waals surface area contributed by atoms with Gasteiger partial charge in [0.05, 0.1) is 7.11 Å². The van der Waals surface area contributed by atoms with Crippen LogP contribution in [0.4, 0.5) is 0 Å². The maximum absolute atomic E-state index is 5.47. The minimum absolute atomic E-state index is 0.468. The molecule has 1 aromatic rings. The molecule has 0 aromatic heterocycles. The summed E-state index contributed by atoms with van der Waals surface area (Å²) in [6.07, 6.45) is 3.70. The van der Waals surface area contributed by atoms with Gasteiger partial charge in [-0.15, -0.1) is 0 Å². The summed E-state index contributed by atoms with van der Waals surface area (Å²) < 4.78 is 5.47. The summed E-state index contributed by atoms with van der Waals surface area (Å²) in [4.78, 5) is 0. The first-order valence-electron chi connectivity index (χ1n) is 6.53. The molecule has 0 aliphatic carbocycles. The number of hydrogen-bond donors (Lipinski definition) is 1. The lowest BCUT2D eigenvalue weighted by atomic mass is 9.73. The van der Waals surface area contributed by atoms with Gasteiger partial charge in [0.1, 0.15) is 5.75 Å². The Kier molecular flexibility index (Phi) is 3.72. The van der Waals surface area contributed by atoms with E-state index in [9.17, 15) is 0 Å². The van der Waals surface area contributed by atoms with Crippen molar-refractivity contribution in [2.75, 3.05) is 20.2 Å². The number of rotatable bonds is 5. The Morgan fingerprint density at radius 2 is 2.12 bits per heavy atom. The van der Waals surface area contributed by atoms with Gasteiger partial charge >= 0.3 is 0 Å². The van der Waals surface area contributed by atoms with E-state index in [1.54, 1.807) is 7.11 Å². The van der Waals surface area contributed by atoms with Crippen LogP contribution < -0.4 is 10.1 Å². The van der Waals surface area contributed by atoms with Crippen LogP contribution in [0.2, 0.25) is 0 Å². The molecule has 1 heterocycles. The highest BCUT2D eigenvalue weighted by atomic mass is 16.5. The predicted molar refractivity (Wildman–Crippen MR) is 71.6 cm³/mol. The summed E-state index contributed by atoms with van der Waals surface area (Å²) in [7, 11) is 1.76. The number of methoxy groups -OCH3 is 1. The van der Waals surface area contributed by atoms with Gasteiger partial charge in [-0.1, -0.05) is 31.0 Å². The first kappa shape index (κ1) is 12.4. The standard InChI is InChI=1S/C15H23NO/c1-4-7-15(10-16-11-15)9-13-8-12(2)5-6-14(13)17-3/h5-6,8,16H,4,7,9-11H2,1-3H3. The molecule has 2 nitrogen and oxygen atoms in total. The monoisotopic (exact) mass is 233 g/mol. The zero-order chi connectivity index (χ0) is 12.3. The quantitative estimate of drug-likeness (QED) is 0.844. The van der Waals surface area contributed by atoms with Crippen LogP contribution in [0.25, 0.3) is 0 Å². The molecule has 1 N–H and O–H groups in total. The molecule has 0 spiro atoms. The van der Waals surface area contributed by atoms with E-state index >= 15 is 0 Å². The van der Waals surface area contributed by atoms with E-state index in [2.05, 4.69) is 37.4 Å². The molecule has 1 aromatic carbocycles. The summed E-state index contributed by atoms with van der Waals surface area (Å²) in [6.45, 7) is 6.72. The Hall–Kier alpha value is -1.02. The Balaban J connectivity index is 2.19.